The summed E-state index contributed by atoms with van der Waals surface area (Å²) in [5.41, 5.74) is 6.23. The molecule has 2 rings (SSSR count). The number of carbonyl (C=O) groups is 2. The van der Waals surface area contributed by atoms with Crippen molar-refractivity contribution in [2.45, 2.75) is 52.1 Å². The first-order valence-electron chi connectivity index (χ1n) is 9.41. The lowest BCUT2D eigenvalue weighted by atomic mass is 10.0. The summed E-state index contributed by atoms with van der Waals surface area (Å²) in [4.78, 5) is 27.7. The molecule has 0 unspecified atom stereocenters. The van der Waals surface area contributed by atoms with Crippen molar-refractivity contribution in [1.29, 1.82) is 0 Å². The Kier molecular flexibility index (Phi) is 7.57. The Morgan fingerprint density at radius 2 is 1.88 bits per heavy atom. The Hall–Kier alpha value is -1.95. The van der Waals surface area contributed by atoms with E-state index in [1.165, 1.54) is 12.1 Å². The minimum atomic E-state index is -0.362. The predicted octanol–water partition coefficient (Wildman–Crippen LogP) is 2.54. The fraction of sp³-hybridized carbons (Fsp3) is 0.600. The summed E-state index contributed by atoms with van der Waals surface area (Å²) in [6, 6.07) is 6.88. The third kappa shape index (κ3) is 6.09. The van der Waals surface area contributed by atoms with Crippen LogP contribution < -0.4 is 5.73 Å². The molecule has 5 nitrogen and oxygen atoms in total. The molecule has 1 aromatic carbocycles. The maximum absolute atomic E-state index is 13.1. The fourth-order valence-electron chi connectivity index (χ4n) is 3.51. The van der Waals surface area contributed by atoms with Crippen molar-refractivity contribution in [3.8, 4) is 0 Å². The lowest BCUT2D eigenvalue weighted by Gasteiger charge is -2.34. The standard InChI is InChI=1S/C20H30FN3O2/c1-15(2)18-14-24(20(26)6-3-5-19(22)25)12-4-11-23(18)13-16-7-9-17(21)10-8-16/h7-10,15,18H,3-6,11-14H2,1-2H3,(H2,22,25)/t18-/m1/s1. The van der Waals surface area contributed by atoms with Gasteiger partial charge in [0.15, 0.2) is 0 Å². The van der Waals surface area contributed by atoms with Crippen molar-refractivity contribution >= 4 is 11.8 Å². The largest absolute Gasteiger partial charge is 0.370 e. The van der Waals surface area contributed by atoms with Crippen molar-refractivity contribution in [3.05, 3.63) is 35.6 Å². The lowest BCUT2D eigenvalue weighted by Crippen LogP contribution is -2.45. The number of halogens is 1. The van der Waals surface area contributed by atoms with Crippen molar-refractivity contribution in [2.24, 2.45) is 11.7 Å². The van der Waals surface area contributed by atoms with E-state index in [1.54, 1.807) is 0 Å². The Labute approximate surface area is 155 Å². The first-order chi connectivity index (χ1) is 12.4. The second kappa shape index (κ2) is 9.67. The van der Waals surface area contributed by atoms with E-state index < -0.39 is 0 Å². The normalized spacial score (nSPS) is 18.8. The van der Waals surface area contributed by atoms with Crippen LogP contribution in [0.25, 0.3) is 0 Å². The molecule has 1 aromatic rings. The molecule has 0 saturated carbocycles. The van der Waals surface area contributed by atoms with Gasteiger partial charge in [0.25, 0.3) is 0 Å². The molecule has 6 heteroatoms. The first-order valence-corrected chi connectivity index (χ1v) is 9.41. The summed E-state index contributed by atoms with van der Waals surface area (Å²) < 4.78 is 13.1. The molecule has 1 saturated heterocycles. The zero-order chi connectivity index (χ0) is 19.1. The molecule has 1 atom stereocenters. The second-order valence-electron chi connectivity index (χ2n) is 7.42. The van der Waals surface area contributed by atoms with Gasteiger partial charge >= 0.3 is 0 Å². The van der Waals surface area contributed by atoms with Gasteiger partial charge in [-0.2, -0.15) is 0 Å². The van der Waals surface area contributed by atoms with Crippen molar-refractivity contribution in [1.82, 2.24) is 9.80 Å². The van der Waals surface area contributed by atoms with Gasteiger partial charge in [0.2, 0.25) is 11.8 Å². The molecular formula is C20H30FN3O2. The molecule has 2 amide bonds. The van der Waals surface area contributed by atoms with Crippen LogP contribution in [0.4, 0.5) is 4.39 Å². The quantitative estimate of drug-likeness (QED) is 0.809. The number of amides is 2. The third-order valence-corrected chi connectivity index (χ3v) is 4.98. The first kappa shape index (κ1) is 20.4. The van der Waals surface area contributed by atoms with Gasteiger partial charge in [0.05, 0.1) is 0 Å². The van der Waals surface area contributed by atoms with Crippen molar-refractivity contribution in [2.75, 3.05) is 19.6 Å². The summed E-state index contributed by atoms with van der Waals surface area (Å²) >= 11 is 0. The van der Waals surface area contributed by atoms with Gasteiger partial charge in [-0.3, -0.25) is 14.5 Å². The van der Waals surface area contributed by atoms with Crippen LogP contribution in [0.5, 0.6) is 0 Å². The number of hydrogen-bond acceptors (Lipinski definition) is 3. The zero-order valence-electron chi connectivity index (χ0n) is 15.8. The monoisotopic (exact) mass is 363 g/mol. The molecule has 0 radical (unpaired) electrons. The minimum absolute atomic E-state index is 0.0977. The number of benzene rings is 1. The van der Waals surface area contributed by atoms with Gasteiger partial charge in [-0.05, 0) is 36.5 Å². The number of carbonyl (C=O) groups excluding carboxylic acids is 2. The molecule has 1 aliphatic heterocycles. The number of primary amides is 1. The molecule has 0 spiro atoms. The van der Waals surface area contributed by atoms with E-state index in [4.69, 9.17) is 5.73 Å². The van der Waals surface area contributed by atoms with Gasteiger partial charge in [0.1, 0.15) is 5.82 Å². The van der Waals surface area contributed by atoms with Crippen LogP contribution in [0.2, 0.25) is 0 Å². The highest BCUT2D eigenvalue weighted by Gasteiger charge is 2.29. The van der Waals surface area contributed by atoms with Crippen LogP contribution in [-0.2, 0) is 16.1 Å². The average Bonchev–Trinajstić information content (AvgIpc) is 2.79. The number of hydrogen-bond donors (Lipinski definition) is 1. The number of nitrogens with two attached hydrogens (primary N) is 1. The fourth-order valence-corrected chi connectivity index (χ4v) is 3.51. The maximum atomic E-state index is 13.1. The average molecular weight is 363 g/mol. The molecule has 1 aliphatic rings. The highest BCUT2D eigenvalue weighted by atomic mass is 19.1. The Bertz CT molecular complexity index is 604. The summed E-state index contributed by atoms with van der Waals surface area (Å²) in [5.74, 6) is -0.0908. The van der Waals surface area contributed by atoms with E-state index in [1.807, 2.05) is 17.0 Å². The molecule has 144 valence electrons. The van der Waals surface area contributed by atoms with Gasteiger partial charge in [-0.25, -0.2) is 4.39 Å². The van der Waals surface area contributed by atoms with Crippen LogP contribution in [0.3, 0.4) is 0 Å². The topological polar surface area (TPSA) is 66.6 Å². The van der Waals surface area contributed by atoms with Crippen LogP contribution >= 0.6 is 0 Å². The Morgan fingerprint density at radius 3 is 2.50 bits per heavy atom. The van der Waals surface area contributed by atoms with E-state index in [9.17, 15) is 14.0 Å². The number of nitrogens with zero attached hydrogens (tertiary/aromatic N) is 2. The van der Waals surface area contributed by atoms with E-state index >= 15 is 0 Å². The van der Waals surface area contributed by atoms with Crippen molar-refractivity contribution < 1.29 is 14.0 Å². The summed E-state index contributed by atoms with van der Waals surface area (Å²) in [7, 11) is 0. The van der Waals surface area contributed by atoms with Crippen LogP contribution in [0, 0.1) is 11.7 Å². The smallest absolute Gasteiger partial charge is 0.222 e. The SMILES string of the molecule is CC(C)[C@H]1CN(C(=O)CCCC(N)=O)CCCN1Cc1ccc(F)cc1. The summed E-state index contributed by atoms with van der Waals surface area (Å²) in [5, 5.41) is 0. The maximum Gasteiger partial charge on any atom is 0.222 e. The molecule has 0 aliphatic carbocycles. The minimum Gasteiger partial charge on any atom is -0.370 e. The summed E-state index contributed by atoms with van der Waals surface area (Å²) in [6.45, 7) is 7.43. The van der Waals surface area contributed by atoms with Gasteiger partial charge in [-0.15, -0.1) is 0 Å². The van der Waals surface area contributed by atoms with Gasteiger partial charge in [-0.1, -0.05) is 26.0 Å². The predicted molar refractivity (Wildman–Crippen MR) is 99.7 cm³/mol. The molecule has 0 aromatic heterocycles. The lowest BCUT2D eigenvalue weighted by molar-refractivity contribution is -0.131. The van der Waals surface area contributed by atoms with E-state index in [2.05, 4.69) is 18.7 Å². The van der Waals surface area contributed by atoms with E-state index in [0.29, 0.717) is 25.3 Å². The van der Waals surface area contributed by atoms with E-state index in [-0.39, 0.29) is 30.1 Å². The van der Waals surface area contributed by atoms with Crippen LogP contribution in [-0.4, -0.2) is 47.3 Å². The Morgan fingerprint density at radius 1 is 1.19 bits per heavy atom. The molecular weight excluding hydrogens is 333 g/mol. The zero-order valence-corrected chi connectivity index (χ0v) is 15.8. The van der Waals surface area contributed by atoms with Crippen LogP contribution in [0.1, 0.15) is 45.1 Å². The molecule has 1 heterocycles. The van der Waals surface area contributed by atoms with Gasteiger partial charge < -0.3 is 10.6 Å². The number of rotatable bonds is 7. The highest BCUT2D eigenvalue weighted by Crippen LogP contribution is 2.21. The Balaban J connectivity index is 2.00. The molecule has 26 heavy (non-hydrogen) atoms. The highest BCUT2D eigenvalue weighted by molar-refractivity contribution is 5.78. The molecule has 1 fully saturated rings. The van der Waals surface area contributed by atoms with E-state index in [0.717, 1.165) is 31.6 Å². The van der Waals surface area contributed by atoms with Gasteiger partial charge in [0, 0.05) is 45.1 Å². The second-order valence-corrected chi connectivity index (χ2v) is 7.42. The molecule has 2 N–H and O–H groups in total. The van der Waals surface area contributed by atoms with Crippen LogP contribution in [0.15, 0.2) is 24.3 Å². The third-order valence-electron chi connectivity index (χ3n) is 4.98. The van der Waals surface area contributed by atoms with Crippen molar-refractivity contribution in [3.63, 3.8) is 0 Å². The summed E-state index contributed by atoms with van der Waals surface area (Å²) in [6.07, 6.45) is 2.04. The molecule has 0 bridgehead atoms.